The molecule has 3 aromatic rings. The maximum Gasteiger partial charge on any atom is 0.433 e. The molecule has 120 valence electrons. The average Bonchev–Trinajstić information content (AvgIpc) is 3.12. The first-order chi connectivity index (χ1) is 10.9. The quantitative estimate of drug-likeness (QED) is 0.767. The van der Waals surface area contributed by atoms with Gasteiger partial charge in [0, 0.05) is 5.39 Å². The molecule has 0 fully saturated rings. The molecule has 0 aliphatic carbocycles. The number of alkyl halides is 3. The van der Waals surface area contributed by atoms with E-state index < -0.39 is 17.8 Å². The van der Waals surface area contributed by atoms with Gasteiger partial charge in [0.15, 0.2) is 0 Å². The van der Waals surface area contributed by atoms with Gasteiger partial charge < -0.3 is 5.32 Å². The van der Waals surface area contributed by atoms with Crippen molar-refractivity contribution >= 4 is 27.5 Å². The number of pyridine rings is 1. The van der Waals surface area contributed by atoms with E-state index in [9.17, 15) is 18.0 Å². The Bertz CT molecular complexity index is 856. The maximum atomic E-state index is 12.7. The third-order valence-corrected chi connectivity index (χ3v) is 4.38. The fourth-order valence-electron chi connectivity index (χ4n) is 2.03. The Labute approximate surface area is 131 Å². The smallest absolute Gasteiger partial charge is 0.344 e. The summed E-state index contributed by atoms with van der Waals surface area (Å²) in [6.45, 7) is 1.82. The molecule has 3 aromatic heterocycles. The zero-order chi connectivity index (χ0) is 16.6. The Kier molecular flexibility index (Phi) is 3.76. The molecule has 0 unspecified atom stereocenters. The summed E-state index contributed by atoms with van der Waals surface area (Å²) in [5.74, 6) is 0.0880. The monoisotopic (exact) mass is 341 g/mol. The van der Waals surface area contributed by atoms with Crippen LogP contribution in [0.3, 0.4) is 0 Å². The van der Waals surface area contributed by atoms with Crippen LogP contribution in [-0.2, 0) is 12.7 Å². The summed E-state index contributed by atoms with van der Waals surface area (Å²) < 4.78 is 38.1. The number of carbonyl (C=O) groups is 1. The van der Waals surface area contributed by atoms with Crippen molar-refractivity contribution in [3.05, 3.63) is 40.4 Å². The summed E-state index contributed by atoms with van der Waals surface area (Å²) in [5, 5.41) is 9.43. The van der Waals surface area contributed by atoms with Crippen molar-refractivity contribution in [2.75, 3.05) is 0 Å². The summed E-state index contributed by atoms with van der Waals surface area (Å²) in [6, 6.07) is 2.25. The number of amides is 1. The minimum atomic E-state index is -4.51. The first kappa shape index (κ1) is 15.4. The van der Waals surface area contributed by atoms with Crippen molar-refractivity contribution in [2.45, 2.75) is 19.6 Å². The fourth-order valence-corrected chi connectivity index (χ4v) is 3.13. The van der Waals surface area contributed by atoms with Crippen LogP contribution in [0.2, 0.25) is 0 Å². The van der Waals surface area contributed by atoms with Crippen LogP contribution in [-0.4, -0.2) is 26.1 Å². The van der Waals surface area contributed by atoms with E-state index in [-0.39, 0.29) is 11.4 Å². The highest BCUT2D eigenvalue weighted by Crippen LogP contribution is 2.34. The van der Waals surface area contributed by atoms with E-state index >= 15 is 0 Å². The van der Waals surface area contributed by atoms with Crippen molar-refractivity contribution in [2.24, 2.45) is 0 Å². The number of aromatic nitrogens is 4. The van der Waals surface area contributed by atoms with Gasteiger partial charge in [0.1, 0.15) is 22.7 Å². The zero-order valence-electron chi connectivity index (χ0n) is 11.7. The van der Waals surface area contributed by atoms with Crippen LogP contribution in [0.15, 0.2) is 18.5 Å². The number of halogens is 3. The molecule has 2 N–H and O–H groups in total. The largest absolute Gasteiger partial charge is 0.433 e. The predicted octanol–water partition coefficient (Wildman–Crippen LogP) is 2.67. The van der Waals surface area contributed by atoms with Gasteiger partial charge in [0.2, 0.25) is 0 Å². The number of rotatable bonds is 3. The highest BCUT2D eigenvalue weighted by Gasteiger charge is 2.33. The van der Waals surface area contributed by atoms with E-state index in [0.717, 1.165) is 17.4 Å². The van der Waals surface area contributed by atoms with E-state index in [1.165, 1.54) is 12.4 Å². The molecule has 0 spiro atoms. The first-order valence-corrected chi connectivity index (χ1v) is 7.27. The molecule has 0 aliphatic heterocycles. The Morgan fingerprint density at radius 2 is 2.17 bits per heavy atom. The molecule has 0 aromatic carbocycles. The van der Waals surface area contributed by atoms with Crippen molar-refractivity contribution in [1.82, 2.24) is 25.5 Å². The number of hydrogen-bond donors (Lipinski definition) is 2. The molecule has 10 heteroatoms. The molecule has 6 nitrogen and oxygen atoms in total. The number of nitrogens with zero attached hydrogens (tertiary/aromatic N) is 3. The van der Waals surface area contributed by atoms with E-state index in [0.29, 0.717) is 21.7 Å². The molecule has 0 bridgehead atoms. The predicted molar refractivity (Wildman–Crippen MR) is 76.9 cm³/mol. The van der Waals surface area contributed by atoms with Gasteiger partial charge in [-0.2, -0.15) is 18.3 Å². The number of thiophene rings is 1. The molecule has 0 radical (unpaired) electrons. The van der Waals surface area contributed by atoms with Crippen LogP contribution in [0.25, 0.3) is 10.2 Å². The number of fused-ring (bicyclic) bond motifs is 1. The third-order valence-electron chi connectivity index (χ3n) is 3.18. The number of H-pyrrole nitrogens is 1. The maximum absolute atomic E-state index is 12.7. The third kappa shape index (κ3) is 3.02. The van der Waals surface area contributed by atoms with Crippen LogP contribution >= 0.6 is 11.3 Å². The van der Waals surface area contributed by atoms with Gasteiger partial charge in [-0.1, -0.05) is 0 Å². The zero-order valence-corrected chi connectivity index (χ0v) is 12.5. The number of carbonyl (C=O) groups excluding carboxylic acids is 1. The van der Waals surface area contributed by atoms with Gasteiger partial charge in [-0.3, -0.25) is 9.89 Å². The lowest BCUT2D eigenvalue weighted by Gasteiger charge is -2.04. The summed E-state index contributed by atoms with van der Waals surface area (Å²) in [7, 11) is 0. The highest BCUT2D eigenvalue weighted by molar-refractivity contribution is 7.20. The van der Waals surface area contributed by atoms with Crippen LogP contribution in [0.5, 0.6) is 0 Å². The molecular formula is C13H10F3N5OS. The Balaban J connectivity index is 1.88. The summed E-state index contributed by atoms with van der Waals surface area (Å²) >= 11 is 0.930. The SMILES string of the molecule is Cc1c(C(=O)NCc2ncn[nH]2)sc2nc(C(F)(F)F)ccc12. The van der Waals surface area contributed by atoms with E-state index in [1.54, 1.807) is 6.92 Å². The molecule has 23 heavy (non-hydrogen) atoms. The topological polar surface area (TPSA) is 83.6 Å². The Morgan fingerprint density at radius 3 is 2.83 bits per heavy atom. The van der Waals surface area contributed by atoms with Crippen LogP contribution in [0.4, 0.5) is 13.2 Å². The lowest BCUT2D eigenvalue weighted by atomic mass is 10.2. The lowest BCUT2D eigenvalue weighted by molar-refractivity contribution is -0.140. The Hall–Kier alpha value is -2.49. The number of hydrogen-bond acceptors (Lipinski definition) is 5. The second-order valence-electron chi connectivity index (χ2n) is 4.72. The van der Waals surface area contributed by atoms with E-state index in [4.69, 9.17) is 0 Å². The summed E-state index contributed by atoms with van der Waals surface area (Å²) in [4.78, 5) is 20.2. The van der Waals surface area contributed by atoms with Crippen LogP contribution in [0, 0.1) is 6.92 Å². The van der Waals surface area contributed by atoms with E-state index in [1.807, 2.05) is 0 Å². The number of aromatic amines is 1. The number of nitrogens with one attached hydrogen (secondary N) is 2. The lowest BCUT2D eigenvalue weighted by Crippen LogP contribution is -2.23. The standard InChI is InChI=1S/C13H10F3N5OS/c1-6-7-2-3-8(13(14,15)16)20-12(7)23-10(6)11(22)17-4-9-18-5-19-21-9/h2-3,5H,4H2,1H3,(H,17,22)(H,18,19,21). The first-order valence-electron chi connectivity index (χ1n) is 6.46. The molecule has 0 saturated heterocycles. The van der Waals surface area contributed by atoms with Gasteiger partial charge in [-0.05, 0) is 24.6 Å². The van der Waals surface area contributed by atoms with Crippen LogP contribution in [0.1, 0.15) is 26.8 Å². The second kappa shape index (κ2) is 5.61. The fraction of sp³-hybridized carbons (Fsp3) is 0.231. The van der Waals surface area contributed by atoms with Gasteiger partial charge >= 0.3 is 6.18 Å². The summed E-state index contributed by atoms with van der Waals surface area (Å²) in [6.07, 6.45) is -3.20. The second-order valence-corrected chi connectivity index (χ2v) is 5.72. The minimum Gasteiger partial charge on any atom is -0.344 e. The molecule has 0 atom stereocenters. The van der Waals surface area contributed by atoms with Gasteiger partial charge in [0.25, 0.3) is 5.91 Å². The normalized spacial score (nSPS) is 11.8. The molecule has 1 amide bonds. The average molecular weight is 341 g/mol. The van der Waals surface area contributed by atoms with Gasteiger partial charge in [0.05, 0.1) is 11.4 Å². The number of aryl methyl sites for hydroxylation is 1. The van der Waals surface area contributed by atoms with Gasteiger partial charge in [-0.25, -0.2) is 9.97 Å². The molecular weight excluding hydrogens is 331 g/mol. The van der Waals surface area contributed by atoms with Crippen molar-refractivity contribution in [1.29, 1.82) is 0 Å². The van der Waals surface area contributed by atoms with Crippen molar-refractivity contribution in [3.8, 4) is 0 Å². The van der Waals surface area contributed by atoms with Crippen molar-refractivity contribution < 1.29 is 18.0 Å². The van der Waals surface area contributed by atoms with E-state index in [2.05, 4.69) is 25.5 Å². The summed E-state index contributed by atoms with van der Waals surface area (Å²) in [5.41, 5.74) is -0.374. The van der Waals surface area contributed by atoms with Gasteiger partial charge in [-0.15, -0.1) is 11.3 Å². The molecule has 3 rings (SSSR count). The molecule has 3 heterocycles. The minimum absolute atomic E-state index is 0.147. The highest BCUT2D eigenvalue weighted by atomic mass is 32.1. The molecule has 0 aliphatic rings. The molecule has 0 saturated carbocycles. The Morgan fingerprint density at radius 1 is 1.39 bits per heavy atom. The van der Waals surface area contributed by atoms with Crippen molar-refractivity contribution in [3.63, 3.8) is 0 Å². The van der Waals surface area contributed by atoms with Crippen LogP contribution < -0.4 is 5.32 Å².